The Kier molecular flexibility index (Phi) is 4.45. The van der Waals surface area contributed by atoms with E-state index in [-0.39, 0.29) is 0 Å². The fourth-order valence-corrected chi connectivity index (χ4v) is 2.48. The smallest absolute Gasteiger partial charge is 0.192 e. The van der Waals surface area contributed by atoms with Gasteiger partial charge in [-0.3, -0.25) is 0 Å². The number of hydrogen-bond acceptors (Lipinski definition) is 3. The second kappa shape index (κ2) is 5.39. The van der Waals surface area contributed by atoms with Crippen molar-refractivity contribution in [3.8, 4) is 0 Å². The van der Waals surface area contributed by atoms with Gasteiger partial charge >= 0.3 is 0 Å². The molecule has 2 nitrogen and oxygen atoms in total. The molecule has 0 aliphatic rings. The van der Waals surface area contributed by atoms with E-state index in [1.807, 2.05) is 18.2 Å². The van der Waals surface area contributed by atoms with Crippen molar-refractivity contribution in [3.05, 3.63) is 52.1 Å². The summed E-state index contributed by atoms with van der Waals surface area (Å²) in [6.45, 7) is 3.20. The van der Waals surface area contributed by atoms with E-state index in [0.29, 0.717) is 5.02 Å². The number of benzene rings is 1. The quantitative estimate of drug-likeness (QED) is 0.778. The second-order valence-electron chi connectivity index (χ2n) is 2.58. The van der Waals surface area contributed by atoms with Gasteiger partial charge in [0.15, 0.2) is 9.84 Å². The minimum atomic E-state index is -3.28. The maximum Gasteiger partial charge on any atom is 0.192 e. The Labute approximate surface area is 98.6 Å². The van der Waals surface area contributed by atoms with E-state index in [1.165, 1.54) is 17.2 Å². The van der Waals surface area contributed by atoms with E-state index in [1.54, 1.807) is 6.07 Å². The summed E-state index contributed by atoms with van der Waals surface area (Å²) in [5, 5.41) is 4.06. The van der Waals surface area contributed by atoms with Gasteiger partial charge in [0.1, 0.15) is 0 Å². The van der Waals surface area contributed by atoms with Gasteiger partial charge in [0, 0.05) is 15.7 Å². The number of hydrogen-bond donors (Lipinski definition) is 0. The lowest BCUT2D eigenvalue weighted by molar-refractivity contribution is 0.613. The Bertz CT molecular complexity index is 478. The van der Waals surface area contributed by atoms with Gasteiger partial charge in [0.2, 0.25) is 0 Å². The predicted octanol–water partition coefficient (Wildman–Crippen LogP) is 3.46. The first-order valence-corrected chi connectivity index (χ1v) is 6.87. The average Bonchev–Trinajstić information content (AvgIpc) is 2.21. The van der Waals surface area contributed by atoms with Crippen LogP contribution in [0.4, 0.5) is 0 Å². The third kappa shape index (κ3) is 4.11. The minimum Gasteiger partial charge on any atom is -0.220 e. The standard InChI is InChI=1S/C10H9ClO2S2/c1-2-15(12,13)8-7-14-10-6-4-3-5-9(10)11/h2-8H,1H2. The minimum absolute atomic E-state index is 0.600. The van der Waals surface area contributed by atoms with E-state index in [0.717, 1.165) is 15.7 Å². The maximum atomic E-state index is 11.0. The van der Waals surface area contributed by atoms with Crippen LogP contribution in [0.3, 0.4) is 0 Å². The Morgan fingerprint density at radius 2 is 2.00 bits per heavy atom. The number of halogens is 1. The van der Waals surface area contributed by atoms with Gasteiger partial charge in [0.25, 0.3) is 0 Å². The van der Waals surface area contributed by atoms with Crippen molar-refractivity contribution in [2.45, 2.75) is 4.90 Å². The zero-order chi connectivity index (χ0) is 11.3. The lowest BCUT2D eigenvalue weighted by Crippen LogP contribution is -1.85. The Balaban J connectivity index is 2.74. The van der Waals surface area contributed by atoms with E-state index < -0.39 is 9.84 Å². The SMILES string of the molecule is C=CS(=O)(=O)C=CSc1ccccc1Cl. The molecule has 0 fully saturated rings. The monoisotopic (exact) mass is 260 g/mol. The molecule has 1 rings (SSSR count). The molecule has 0 bridgehead atoms. The first-order chi connectivity index (χ1) is 7.05. The van der Waals surface area contributed by atoms with Crippen LogP contribution in [0.1, 0.15) is 0 Å². The maximum absolute atomic E-state index is 11.0. The molecule has 1 aromatic carbocycles. The molecule has 0 saturated carbocycles. The van der Waals surface area contributed by atoms with Gasteiger partial charge in [-0.15, -0.1) is 0 Å². The fourth-order valence-electron chi connectivity index (χ4n) is 0.774. The van der Waals surface area contributed by atoms with Crippen molar-refractivity contribution in [1.29, 1.82) is 0 Å². The molecule has 0 aromatic heterocycles. The Morgan fingerprint density at radius 3 is 2.60 bits per heavy atom. The molecule has 80 valence electrons. The van der Waals surface area contributed by atoms with E-state index in [9.17, 15) is 8.42 Å². The molecule has 0 unspecified atom stereocenters. The van der Waals surface area contributed by atoms with Crippen molar-refractivity contribution in [3.63, 3.8) is 0 Å². The molecular weight excluding hydrogens is 252 g/mol. The van der Waals surface area contributed by atoms with Crippen LogP contribution in [-0.2, 0) is 9.84 Å². The van der Waals surface area contributed by atoms with Crippen LogP contribution < -0.4 is 0 Å². The third-order valence-corrected chi connectivity index (χ3v) is 3.99. The van der Waals surface area contributed by atoms with Gasteiger partial charge in [0.05, 0.1) is 5.02 Å². The zero-order valence-electron chi connectivity index (χ0n) is 7.76. The molecule has 1 aromatic rings. The van der Waals surface area contributed by atoms with Gasteiger partial charge in [-0.1, -0.05) is 42.1 Å². The number of sulfone groups is 1. The highest BCUT2D eigenvalue weighted by Gasteiger charge is 1.99. The lowest BCUT2D eigenvalue weighted by Gasteiger charge is -1.97. The second-order valence-corrected chi connectivity index (χ2v) is 5.71. The summed E-state index contributed by atoms with van der Waals surface area (Å²) >= 11 is 7.13. The van der Waals surface area contributed by atoms with Crippen molar-refractivity contribution >= 4 is 33.2 Å². The van der Waals surface area contributed by atoms with E-state index in [2.05, 4.69) is 6.58 Å². The van der Waals surface area contributed by atoms with Crippen LogP contribution in [-0.4, -0.2) is 8.42 Å². The summed E-state index contributed by atoms with van der Waals surface area (Å²) in [6.07, 6.45) is 0. The molecular formula is C10H9ClO2S2. The molecule has 0 aliphatic carbocycles. The Hall–Kier alpha value is -0.710. The first-order valence-electron chi connectivity index (χ1n) is 4.00. The van der Waals surface area contributed by atoms with Crippen LogP contribution in [0.25, 0.3) is 0 Å². The zero-order valence-corrected chi connectivity index (χ0v) is 10.1. The molecule has 15 heavy (non-hydrogen) atoms. The summed E-state index contributed by atoms with van der Waals surface area (Å²) in [6, 6.07) is 7.22. The molecule has 0 saturated heterocycles. The summed E-state index contributed by atoms with van der Waals surface area (Å²) in [4.78, 5) is 0.815. The molecule has 0 N–H and O–H groups in total. The molecule has 0 radical (unpaired) electrons. The van der Waals surface area contributed by atoms with Crippen molar-refractivity contribution in [2.24, 2.45) is 0 Å². The highest BCUT2D eigenvalue weighted by atomic mass is 35.5. The topological polar surface area (TPSA) is 34.1 Å². The van der Waals surface area contributed by atoms with Gasteiger partial charge in [-0.05, 0) is 17.5 Å². The normalized spacial score (nSPS) is 11.8. The van der Waals surface area contributed by atoms with Crippen LogP contribution >= 0.6 is 23.4 Å². The summed E-state index contributed by atoms with van der Waals surface area (Å²) < 4.78 is 22.0. The first kappa shape index (κ1) is 12.4. The fraction of sp³-hybridized carbons (Fsp3) is 0. The average molecular weight is 261 g/mol. The molecule has 0 aliphatic heterocycles. The Morgan fingerprint density at radius 1 is 1.33 bits per heavy atom. The number of thioether (sulfide) groups is 1. The number of rotatable bonds is 4. The van der Waals surface area contributed by atoms with Crippen molar-refractivity contribution in [1.82, 2.24) is 0 Å². The van der Waals surface area contributed by atoms with Crippen molar-refractivity contribution < 1.29 is 8.42 Å². The van der Waals surface area contributed by atoms with Gasteiger partial charge in [-0.25, -0.2) is 8.42 Å². The highest BCUT2D eigenvalue weighted by molar-refractivity contribution is 8.03. The van der Waals surface area contributed by atoms with Crippen LogP contribution in [0.15, 0.2) is 52.0 Å². The van der Waals surface area contributed by atoms with Crippen molar-refractivity contribution in [2.75, 3.05) is 0 Å². The molecule has 0 spiro atoms. The lowest BCUT2D eigenvalue weighted by atomic mass is 10.4. The molecule has 0 heterocycles. The molecule has 5 heteroatoms. The molecule has 0 amide bonds. The summed E-state index contributed by atoms with van der Waals surface area (Å²) in [7, 11) is -3.28. The predicted molar refractivity (Wildman–Crippen MR) is 65.6 cm³/mol. The largest absolute Gasteiger partial charge is 0.220 e. The highest BCUT2D eigenvalue weighted by Crippen LogP contribution is 2.27. The van der Waals surface area contributed by atoms with Gasteiger partial charge in [-0.2, -0.15) is 0 Å². The summed E-state index contributed by atoms with van der Waals surface area (Å²) in [5.74, 6) is 0. The van der Waals surface area contributed by atoms with Crippen LogP contribution in [0.2, 0.25) is 5.02 Å². The molecule has 0 atom stereocenters. The third-order valence-electron chi connectivity index (χ3n) is 1.51. The summed E-state index contributed by atoms with van der Waals surface area (Å²) in [5.41, 5.74) is 0. The van der Waals surface area contributed by atoms with Crippen LogP contribution in [0.5, 0.6) is 0 Å². The van der Waals surface area contributed by atoms with E-state index >= 15 is 0 Å². The van der Waals surface area contributed by atoms with Crippen LogP contribution in [0, 0.1) is 0 Å². The van der Waals surface area contributed by atoms with E-state index in [4.69, 9.17) is 11.6 Å². The van der Waals surface area contributed by atoms with Gasteiger partial charge < -0.3 is 0 Å².